The number of methoxy groups -OCH3 is 1. The van der Waals surface area contributed by atoms with Crippen LogP contribution in [0.5, 0.6) is 0 Å². The summed E-state index contributed by atoms with van der Waals surface area (Å²) in [5.41, 5.74) is 0.434. The van der Waals surface area contributed by atoms with Gasteiger partial charge in [0.05, 0.1) is 12.7 Å². The van der Waals surface area contributed by atoms with Crippen LogP contribution in [0.25, 0.3) is 5.69 Å². The molecule has 7 heteroatoms. The minimum atomic E-state index is -0.799. The molecule has 0 aliphatic carbocycles. The molecule has 0 aliphatic heterocycles. The summed E-state index contributed by atoms with van der Waals surface area (Å²) in [6, 6.07) is 5.78. The number of ether oxygens (including phenoxy) is 1. The second kappa shape index (κ2) is 6.96. The van der Waals surface area contributed by atoms with Crippen molar-refractivity contribution in [2.75, 3.05) is 20.3 Å². The number of carbonyl (C=O) groups is 1. The van der Waals surface area contributed by atoms with Gasteiger partial charge < -0.3 is 15.2 Å². The van der Waals surface area contributed by atoms with Gasteiger partial charge in [-0.3, -0.25) is 4.79 Å². The van der Waals surface area contributed by atoms with Crippen molar-refractivity contribution >= 4 is 5.91 Å². The van der Waals surface area contributed by atoms with E-state index in [9.17, 15) is 14.3 Å². The standard InChI is InChI=1S/C14H16FN3O3/c1-21-9-11(19)8-16-14(20)10-3-4-13(12(15)7-10)18-6-2-5-17-18/h2-7,11,19H,8-9H2,1H3,(H,16,20). The number of aliphatic hydroxyl groups excluding tert-OH is 1. The predicted molar refractivity (Wildman–Crippen MR) is 73.7 cm³/mol. The maximum Gasteiger partial charge on any atom is 0.251 e. The van der Waals surface area contributed by atoms with Crippen LogP contribution in [0.4, 0.5) is 4.39 Å². The van der Waals surface area contributed by atoms with Gasteiger partial charge >= 0.3 is 0 Å². The largest absolute Gasteiger partial charge is 0.389 e. The number of aliphatic hydroxyl groups is 1. The van der Waals surface area contributed by atoms with E-state index in [1.165, 1.54) is 30.1 Å². The third kappa shape index (κ3) is 3.87. The Kier molecular flexibility index (Phi) is 5.02. The van der Waals surface area contributed by atoms with Crippen molar-refractivity contribution in [3.8, 4) is 5.69 Å². The van der Waals surface area contributed by atoms with Gasteiger partial charge in [-0.15, -0.1) is 0 Å². The summed E-state index contributed by atoms with van der Waals surface area (Å²) in [5.74, 6) is -1.01. The molecule has 0 saturated carbocycles. The molecule has 1 aromatic carbocycles. The van der Waals surface area contributed by atoms with E-state index in [1.54, 1.807) is 12.3 Å². The summed E-state index contributed by atoms with van der Waals surface area (Å²) in [6.07, 6.45) is 2.35. The van der Waals surface area contributed by atoms with Crippen LogP contribution >= 0.6 is 0 Å². The minimum absolute atomic E-state index is 0.0369. The molecular formula is C14H16FN3O3. The van der Waals surface area contributed by atoms with Crippen molar-refractivity contribution in [1.29, 1.82) is 0 Å². The van der Waals surface area contributed by atoms with Gasteiger partial charge in [0.1, 0.15) is 11.5 Å². The smallest absolute Gasteiger partial charge is 0.251 e. The number of carbonyl (C=O) groups excluding carboxylic acids is 1. The van der Waals surface area contributed by atoms with Gasteiger partial charge in [-0.05, 0) is 24.3 Å². The van der Waals surface area contributed by atoms with E-state index >= 15 is 0 Å². The lowest BCUT2D eigenvalue weighted by molar-refractivity contribution is 0.0609. The maximum absolute atomic E-state index is 14.0. The fourth-order valence-corrected chi connectivity index (χ4v) is 1.81. The molecule has 1 unspecified atom stereocenters. The SMILES string of the molecule is COCC(O)CNC(=O)c1ccc(-n2cccn2)c(F)c1. The molecule has 0 fully saturated rings. The van der Waals surface area contributed by atoms with Gasteiger partial charge in [0.15, 0.2) is 0 Å². The molecule has 0 radical (unpaired) electrons. The summed E-state index contributed by atoms with van der Waals surface area (Å²) in [5, 5.41) is 15.9. The van der Waals surface area contributed by atoms with Gasteiger partial charge in [-0.2, -0.15) is 5.10 Å². The number of benzene rings is 1. The number of nitrogens with one attached hydrogen (secondary N) is 1. The van der Waals surface area contributed by atoms with Gasteiger partial charge in [0.2, 0.25) is 0 Å². The Morgan fingerprint density at radius 2 is 2.38 bits per heavy atom. The Morgan fingerprint density at radius 1 is 1.57 bits per heavy atom. The second-order valence-electron chi connectivity index (χ2n) is 4.44. The van der Waals surface area contributed by atoms with Gasteiger partial charge in [-0.1, -0.05) is 0 Å². The van der Waals surface area contributed by atoms with Crippen LogP contribution in [0.3, 0.4) is 0 Å². The molecule has 2 rings (SSSR count). The van der Waals surface area contributed by atoms with Crippen molar-refractivity contribution in [1.82, 2.24) is 15.1 Å². The van der Waals surface area contributed by atoms with Crippen LogP contribution in [-0.4, -0.2) is 47.2 Å². The van der Waals surface area contributed by atoms with Gasteiger partial charge in [0.25, 0.3) is 5.91 Å². The fraction of sp³-hybridized carbons (Fsp3) is 0.286. The topological polar surface area (TPSA) is 76.4 Å². The maximum atomic E-state index is 14.0. The Morgan fingerprint density at radius 3 is 3.00 bits per heavy atom. The summed E-state index contributed by atoms with van der Waals surface area (Å²) in [4.78, 5) is 11.9. The van der Waals surface area contributed by atoms with E-state index < -0.39 is 17.8 Å². The Bertz CT molecular complexity index is 602. The Labute approximate surface area is 121 Å². The number of hydrogen-bond donors (Lipinski definition) is 2. The average molecular weight is 293 g/mol. The minimum Gasteiger partial charge on any atom is -0.389 e. The first kappa shape index (κ1) is 15.1. The molecule has 6 nitrogen and oxygen atoms in total. The lowest BCUT2D eigenvalue weighted by Gasteiger charge is -2.11. The molecule has 1 amide bonds. The Hall–Kier alpha value is -2.25. The third-order valence-corrected chi connectivity index (χ3v) is 2.82. The van der Waals surface area contributed by atoms with Crippen LogP contribution in [-0.2, 0) is 4.74 Å². The molecule has 2 N–H and O–H groups in total. The van der Waals surface area contributed by atoms with E-state index in [-0.39, 0.29) is 24.4 Å². The van der Waals surface area contributed by atoms with Crippen LogP contribution in [0.2, 0.25) is 0 Å². The van der Waals surface area contributed by atoms with Gasteiger partial charge in [-0.25, -0.2) is 9.07 Å². The second-order valence-corrected chi connectivity index (χ2v) is 4.44. The van der Waals surface area contributed by atoms with E-state index in [1.807, 2.05) is 0 Å². The number of aromatic nitrogens is 2. The zero-order valence-electron chi connectivity index (χ0n) is 11.5. The molecule has 0 saturated heterocycles. The van der Waals surface area contributed by atoms with E-state index in [0.29, 0.717) is 0 Å². The molecule has 2 aromatic rings. The zero-order valence-corrected chi connectivity index (χ0v) is 11.5. The number of amides is 1. The first-order chi connectivity index (χ1) is 10.1. The van der Waals surface area contributed by atoms with Crippen LogP contribution in [0.15, 0.2) is 36.7 Å². The lowest BCUT2D eigenvalue weighted by atomic mass is 10.2. The number of hydrogen-bond acceptors (Lipinski definition) is 4. The monoisotopic (exact) mass is 293 g/mol. The lowest BCUT2D eigenvalue weighted by Crippen LogP contribution is -2.34. The molecule has 1 atom stereocenters. The summed E-state index contributed by atoms with van der Waals surface area (Å²) < 4.78 is 20.1. The van der Waals surface area contributed by atoms with Gasteiger partial charge in [0, 0.05) is 31.6 Å². The van der Waals surface area contributed by atoms with E-state index in [4.69, 9.17) is 4.74 Å². The number of nitrogens with zero attached hydrogens (tertiary/aromatic N) is 2. The highest BCUT2D eigenvalue weighted by molar-refractivity contribution is 5.94. The van der Waals surface area contributed by atoms with Crippen molar-refractivity contribution < 1.29 is 19.0 Å². The molecular weight excluding hydrogens is 277 g/mol. The van der Waals surface area contributed by atoms with Crippen molar-refractivity contribution in [3.63, 3.8) is 0 Å². The number of rotatable bonds is 6. The molecule has 112 valence electrons. The molecule has 21 heavy (non-hydrogen) atoms. The highest BCUT2D eigenvalue weighted by Gasteiger charge is 2.12. The number of halogens is 1. The van der Waals surface area contributed by atoms with Crippen LogP contribution in [0, 0.1) is 5.82 Å². The highest BCUT2D eigenvalue weighted by Crippen LogP contribution is 2.14. The van der Waals surface area contributed by atoms with Crippen molar-refractivity contribution in [2.24, 2.45) is 0 Å². The first-order valence-electron chi connectivity index (χ1n) is 6.36. The van der Waals surface area contributed by atoms with Crippen LogP contribution < -0.4 is 5.32 Å². The normalized spacial score (nSPS) is 12.1. The molecule has 0 spiro atoms. The van der Waals surface area contributed by atoms with Crippen LogP contribution in [0.1, 0.15) is 10.4 Å². The van der Waals surface area contributed by atoms with Crippen molar-refractivity contribution in [2.45, 2.75) is 6.10 Å². The molecule has 0 bridgehead atoms. The quantitative estimate of drug-likeness (QED) is 0.824. The van der Waals surface area contributed by atoms with Crippen molar-refractivity contribution in [3.05, 3.63) is 48.0 Å². The third-order valence-electron chi connectivity index (χ3n) is 2.82. The average Bonchev–Trinajstić information content (AvgIpc) is 2.99. The summed E-state index contributed by atoms with van der Waals surface area (Å²) >= 11 is 0. The van der Waals surface area contributed by atoms with E-state index in [2.05, 4.69) is 10.4 Å². The van der Waals surface area contributed by atoms with E-state index in [0.717, 1.165) is 6.07 Å². The fourth-order valence-electron chi connectivity index (χ4n) is 1.81. The Balaban J connectivity index is 2.04. The highest BCUT2D eigenvalue weighted by atomic mass is 19.1. The molecule has 1 aromatic heterocycles. The molecule has 0 aliphatic rings. The molecule has 1 heterocycles. The predicted octanol–water partition coefficient (Wildman–Crippen LogP) is 0.748. The summed E-state index contributed by atoms with van der Waals surface area (Å²) in [7, 11) is 1.45. The first-order valence-corrected chi connectivity index (χ1v) is 6.36. The summed E-state index contributed by atoms with van der Waals surface area (Å²) in [6.45, 7) is 0.155. The zero-order chi connectivity index (χ0) is 15.2.